The summed E-state index contributed by atoms with van der Waals surface area (Å²) in [5.74, 6) is -10.9. The minimum atomic E-state index is -1.62. The van der Waals surface area contributed by atoms with Gasteiger partial charge in [0.15, 0.2) is 0 Å². The molecule has 26 heteroatoms. The SMILES string of the molecule is CC(=O)O.CC(C)C(NC(=O)[C@@H]1CSSC(C)(C)[C@H](NC(=O)C(N)CC(=O)O)C(=O)N[C@@H](Cc2ccccc2)C(=O)N[C@H](Cc2c[nH]c3ccccc23)C(=O)N[C@@H](CCN)C(=O)N[C@@H](Cc2ccc(O)cc2)C(=O)N1)C(=O)O. The van der Waals surface area contributed by atoms with Gasteiger partial charge in [-0.05, 0) is 67.6 Å². The van der Waals surface area contributed by atoms with Crippen molar-refractivity contribution in [3.8, 4) is 5.75 Å². The lowest BCUT2D eigenvalue weighted by Crippen LogP contribution is -2.63. The molecule has 1 aliphatic rings. The van der Waals surface area contributed by atoms with Crippen LogP contribution in [0.3, 0.4) is 0 Å². The highest BCUT2D eigenvalue weighted by Crippen LogP contribution is 2.39. The molecular formula is C52H68N10O14S2. The third kappa shape index (κ3) is 19.4. The lowest BCUT2D eigenvalue weighted by molar-refractivity contribution is -0.143. The minimum Gasteiger partial charge on any atom is -0.508 e. The second-order valence-corrected chi connectivity index (χ2v) is 22.2. The Labute approximate surface area is 457 Å². The Bertz CT molecular complexity index is 2760. The topological polar surface area (TPSA) is 404 Å². The molecule has 0 radical (unpaired) electrons. The number of aromatic nitrogens is 1. The van der Waals surface area contributed by atoms with E-state index in [4.69, 9.17) is 21.4 Å². The Morgan fingerprint density at radius 2 is 1.23 bits per heavy atom. The van der Waals surface area contributed by atoms with Crippen molar-refractivity contribution in [2.24, 2.45) is 17.4 Å². The number of fused-ring (bicyclic) bond motifs is 1. The average Bonchev–Trinajstić information content (AvgIpc) is 3.78. The molecule has 0 aliphatic carbocycles. The summed E-state index contributed by atoms with van der Waals surface area (Å²) in [6.45, 7) is 7.18. The maximum absolute atomic E-state index is 14.8. The Hall–Kier alpha value is -7.68. The normalized spacial score (nSPS) is 21.4. The number of phenols is 1. The van der Waals surface area contributed by atoms with Crippen molar-refractivity contribution in [1.29, 1.82) is 0 Å². The number of amides is 7. The molecule has 4 aromatic rings. The molecule has 8 atom stereocenters. The number of nitrogens with one attached hydrogen (secondary N) is 8. The van der Waals surface area contributed by atoms with Gasteiger partial charge in [0.25, 0.3) is 5.97 Å². The number of H-pyrrole nitrogens is 1. The number of hydrogen-bond donors (Lipinski definition) is 14. The van der Waals surface area contributed by atoms with Crippen LogP contribution in [0.4, 0.5) is 0 Å². The summed E-state index contributed by atoms with van der Waals surface area (Å²) in [5.41, 5.74) is 14.3. The Morgan fingerprint density at radius 1 is 0.718 bits per heavy atom. The van der Waals surface area contributed by atoms with E-state index in [1.165, 1.54) is 24.3 Å². The number of benzene rings is 3. The van der Waals surface area contributed by atoms with Gasteiger partial charge in [-0.2, -0.15) is 0 Å². The van der Waals surface area contributed by atoms with Crippen LogP contribution < -0.4 is 48.7 Å². The third-order valence-electron chi connectivity index (χ3n) is 12.1. The van der Waals surface area contributed by atoms with Crippen molar-refractivity contribution in [3.05, 3.63) is 102 Å². The van der Waals surface area contributed by atoms with Gasteiger partial charge < -0.3 is 74.1 Å². The minimum absolute atomic E-state index is 0.0837. The fourth-order valence-electron chi connectivity index (χ4n) is 7.98. The molecule has 24 nitrogen and oxygen atoms in total. The predicted octanol–water partition coefficient (Wildman–Crippen LogP) is 0.451. The molecule has 1 aromatic heterocycles. The summed E-state index contributed by atoms with van der Waals surface area (Å²) < 4.78 is -1.42. The van der Waals surface area contributed by atoms with Gasteiger partial charge in [-0.1, -0.05) is 96.1 Å². The Balaban J connectivity index is 0.00000317. The fourth-order valence-corrected chi connectivity index (χ4v) is 10.8. The standard InChI is InChI=1S/C50H64N10O12S2.C2H4O2/c1-26(2)40(49(71)72)59-47(69)38-25-73-74-50(3,4)41(60-42(64)32(52)23-39(62)63)48(70)57-36(20-27-10-6-5-7-11-27)44(66)56-37(22-29-24-53-33-13-9-8-12-31(29)33)46(68)54-34(18-19-51)43(65)55-35(45(67)58-38)21-28-14-16-30(61)17-15-28;1-2(3)4/h5-17,24,26,32,34-38,40-41,53,61H,18-23,25,51-52H2,1-4H3,(H,54,68)(H,55,65)(H,56,66)(H,57,70)(H,58,67)(H,59,69)(H,60,64)(H,62,63)(H,71,72);1H3,(H,3,4)/t32?,34-,35-,36-,37+,38-,40?,41+;/m0./s1. The number of carbonyl (C=O) groups excluding carboxylic acids is 7. The van der Waals surface area contributed by atoms with Gasteiger partial charge >= 0.3 is 11.9 Å². The highest BCUT2D eigenvalue weighted by atomic mass is 33.1. The van der Waals surface area contributed by atoms with Crippen LogP contribution >= 0.6 is 21.6 Å². The summed E-state index contributed by atoms with van der Waals surface area (Å²) in [5, 5.41) is 56.2. The number of rotatable bonds is 16. The van der Waals surface area contributed by atoms with Gasteiger partial charge in [0.1, 0.15) is 48.0 Å². The van der Waals surface area contributed by atoms with Gasteiger partial charge in [-0.15, -0.1) is 0 Å². The first-order valence-electron chi connectivity index (χ1n) is 24.7. The van der Waals surface area contributed by atoms with Crippen LogP contribution in [0.1, 0.15) is 64.2 Å². The summed E-state index contributed by atoms with van der Waals surface area (Å²) in [4.78, 5) is 137. The van der Waals surface area contributed by atoms with E-state index in [9.17, 15) is 58.5 Å². The molecule has 3 aromatic carbocycles. The monoisotopic (exact) mass is 1120 g/mol. The molecule has 78 heavy (non-hydrogen) atoms. The number of hydrogen-bond acceptors (Lipinski definition) is 15. The molecule has 2 unspecified atom stereocenters. The third-order valence-corrected chi connectivity index (χ3v) is 15.4. The molecule has 0 spiro atoms. The smallest absolute Gasteiger partial charge is 0.326 e. The molecule has 7 amide bonds. The van der Waals surface area contributed by atoms with Crippen LogP contribution in [0, 0.1) is 5.92 Å². The molecule has 1 fully saturated rings. The zero-order chi connectivity index (χ0) is 57.9. The van der Waals surface area contributed by atoms with E-state index >= 15 is 0 Å². The fraction of sp³-hybridized carbons (Fsp3) is 0.423. The first-order valence-corrected chi connectivity index (χ1v) is 27.0. The van der Waals surface area contributed by atoms with E-state index in [2.05, 4.69) is 42.2 Å². The van der Waals surface area contributed by atoms with Crippen molar-refractivity contribution in [2.75, 3.05) is 12.3 Å². The van der Waals surface area contributed by atoms with Crippen LogP contribution in [0.5, 0.6) is 5.75 Å². The Kier molecular flexibility index (Phi) is 24.0. The number of nitrogens with two attached hydrogens (primary N) is 2. The lowest BCUT2D eigenvalue weighted by Gasteiger charge is -2.35. The van der Waals surface area contributed by atoms with Crippen LogP contribution in [0.15, 0.2) is 85.1 Å². The molecule has 2 heterocycles. The Morgan fingerprint density at radius 3 is 1.79 bits per heavy atom. The number of aromatic amines is 1. The summed E-state index contributed by atoms with van der Waals surface area (Å²) in [6.07, 6.45) is 0.226. The number of carbonyl (C=O) groups is 10. The van der Waals surface area contributed by atoms with E-state index in [1.54, 1.807) is 70.3 Å². The highest BCUT2D eigenvalue weighted by Gasteiger charge is 2.42. The van der Waals surface area contributed by atoms with Crippen LogP contribution in [0.2, 0.25) is 0 Å². The van der Waals surface area contributed by atoms with Crippen LogP contribution in [0.25, 0.3) is 10.9 Å². The second-order valence-electron chi connectivity index (χ2n) is 19.2. The second kappa shape index (κ2) is 29.7. The summed E-state index contributed by atoms with van der Waals surface area (Å²) in [6, 6.07) is 9.70. The van der Waals surface area contributed by atoms with Crippen molar-refractivity contribution in [1.82, 2.24) is 42.2 Å². The van der Waals surface area contributed by atoms with E-state index in [1.807, 2.05) is 18.2 Å². The summed E-state index contributed by atoms with van der Waals surface area (Å²) >= 11 is 0. The van der Waals surface area contributed by atoms with E-state index < -0.39 is 125 Å². The van der Waals surface area contributed by atoms with Gasteiger partial charge in [-0.3, -0.25) is 43.2 Å². The van der Waals surface area contributed by atoms with Gasteiger partial charge in [0.2, 0.25) is 41.4 Å². The molecule has 0 bridgehead atoms. The summed E-state index contributed by atoms with van der Waals surface area (Å²) in [7, 11) is 1.90. The molecule has 422 valence electrons. The molecule has 0 saturated carbocycles. The largest absolute Gasteiger partial charge is 0.508 e. The van der Waals surface area contributed by atoms with Crippen LogP contribution in [-0.2, 0) is 67.2 Å². The van der Waals surface area contributed by atoms with Crippen molar-refractivity contribution in [3.63, 3.8) is 0 Å². The molecular weight excluding hydrogens is 1050 g/mol. The number of carboxylic acid groups (broad SMARTS) is 3. The van der Waals surface area contributed by atoms with E-state index in [0.717, 1.165) is 39.4 Å². The van der Waals surface area contributed by atoms with Crippen LogP contribution in [-0.4, -0.2) is 150 Å². The van der Waals surface area contributed by atoms with E-state index in [-0.39, 0.29) is 43.7 Å². The average molecular weight is 1120 g/mol. The van der Waals surface area contributed by atoms with Gasteiger partial charge in [0, 0.05) is 53.8 Å². The quantitative estimate of drug-likeness (QED) is 0.0677. The zero-order valence-electron chi connectivity index (χ0n) is 43.6. The number of aliphatic carboxylic acids is 3. The van der Waals surface area contributed by atoms with Crippen molar-refractivity contribution in [2.45, 2.75) is 120 Å². The molecule has 16 N–H and O–H groups in total. The molecule has 5 rings (SSSR count). The molecule has 1 saturated heterocycles. The van der Waals surface area contributed by atoms with Gasteiger partial charge in [-0.25, -0.2) is 4.79 Å². The number of carboxylic acids is 3. The predicted molar refractivity (Wildman–Crippen MR) is 291 cm³/mol. The highest BCUT2D eigenvalue weighted by molar-refractivity contribution is 8.77. The van der Waals surface area contributed by atoms with Gasteiger partial charge in [0.05, 0.1) is 12.5 Å². The first-order chi connectivity index (χ1) is 36.8. The number of phenolic OH excluding ortho intramolecular Hbond substituents is 1. The van der Waals surface area contributed by atoms with Crippen molar-refractivity contribution >= 4 is 91.7 Å². The lowest BCUT2D eigenvalue weighted by atomic mass is 9.98. The first kappa shape index (κ1) is 62.9. The zero-order valence-corrected chi connectivity index (χ0v) is 45.2. The maximum atomic E-state index is 14.8. The van der Waals surface area contributed by atoms with Crippen molar-refractivity contribution < 1.29 is 68.4 Å². The number of aromatic hydroxyl groups is 1. The number of para-hydroxylation sites is 1. The molecule has 1 aliphatic heterocycles. The van der Waals surface area contributed by atoms with E-state index in [0.29, 0.717) is 16.7 Å². The maximum Gasteiger partial charge on any atom is 0.326 e.